The van der Waals surface area contributed by atoms with E-state index < -0.39 is 0 Å². The van der Waals surface area contributed by atoms with Crippen LogP contribution in [0.25, 0.3) is 5.69 Å². The predicted molar refractivity (Wildman–Crippen MR) is 118 cm³/mol. The molecule has 1 fully saturated rings. The van der Waals surface area contributed by atoms with Crippen molar-refractivity contribution in [1.82, 2.24) is 9.55 Å². The zero-order valence-electron chi connectivity index (χ0n) is 17.4. The molecule has 4 rings (SSSR count). The van der Waals surface area contributed by atoms with Gasteiger partial charge in [0.15, 0.2) is 0 Å². The van der Waals surface area contributed by atoms with Crippen LogP contribution in [0.5, 0.6) is 0 Å². The van der Waals surface area contributed by atoms with Crippen LogP contribution < -0.4 is 10.2 Å². The first kappa shape index (κ1) is 19.2. The van der Waals surface area contributed by atoms with Crippen molar-refractivity contribution in [1.29, 1.82) is 0 Å². The summed E-state index contributed by atoms with van der Waals surface area (Å²) in [6, 6.07) is 12.4. The van der Waals surface area contributed by atoms with E-state index in [-0.39, 0.29) is 11.8 Å². The molecular weight excluding hydrogens is 360 g/mol. The van der Waals surface area contributed by atoms with Crippen molar-refractivity contribution in [2.24, 2.45) is 5.92 Å². The number of amides is 1. The zero-order chi connectivity index (χ0) is 20.4. The summed E-state index contributed by atoms with van der Waals surface area (Å²) < 4.78 is 2.04. The Bertz CT molecular complexity index is 961. The molecule has 0 unspecified atom stereocenters. The van der Waals surface area contributed by atoms with Crippen LogP contribution in [-0.4, -0.2) is 28.5 Å². The number of pyridine rings is 1. The molecule has 1 saturated heterocycles. The Morgan fingerprint density at radius 2 is 1.69 bits per heavy atom. The first-order valence-electron chi connectivity index (χ1n) is 10.2. The van der Waals surface area contributed by atoms with Gasteiger partial charge in [-0.2, -0.15) is 0 Å². The molecule has 0 bridgehead atoms. The third-order valence-electron chi connectivity index (χ3n) is 5.75. The third kappa shape index (κ3) is 4.19. The number of nitrogens with one attached hydrogen (secondary N) is 1. The van der Waals surface area contributed by atoms with E-state index in [1.54, 1.807) is 0 Å². The lowest BCUT2D eigenvalue weighted by Crippen LogP contribution is -2.38. The van der Waals surface area contributed by atoms with Gasteiger partial charge in [-0.25, -0.2) is 4.98 Å². The summed E-state index contributed by atoms with van der Waals surface area (Å²) in [7, 11) is 0. The number of anilines is 2. The molecule has 2 aromatic heterocycles. The average molecular weight is 389 g/mol. The molecule has 5 nitrogen and oxygen atoms in total. The van der Waals surface area contributed by atoms with Gasteiger partial charge in [0.25, 0.3) is 0 Å². The average Bonchev–Trinajstić information content (AvgIpc) is 3.26. The van der Waals surface area contributed by atoms with Gasteiger partial charge in [0, 0.05) is 37.1 Å². The molecule has 150 valence electrons. The lowest BCUT2D eigenvalue weighted by molar-refractivity contribution is -0.120. The van der Waals surface area contributed by atoms with Crippen LogP contribution >= 0.6 is 0 Å². The highest BCUT2D eigenvalue weighted by Crippen LogP contribution is 2.26. The van der Waals surface area contributed by atoms with Gasteiger partial charge in [0.2, 0.25) is 5.91 Å². The highest BCUT2D eigenvalue weighted by molar-refractivity contribution is 5.94. The highest BCUT2D eigenvalue weighted by Gasteiger charge is 2.26. The van der Waals surface area contributed by atoms with Crippen molar-refractivity contribution >= 4 is 17.4 Å². The van der Waals surface area contributed by atoms with E-state index in [4.69, 9.17) is 0 Å². The van der Waals surface area contributed by atoms with Gasteiger partial charge in [0.1, 0.15) is 5.82 Å². The van der Waals surface area contributed by atoms with E-state index in [2.05, 4.69) is 60.2 Å². The second-order valence-electron chi connectivity index (χ2n) is 7.99. The summed E-state index contributed by atoms with van der Waals surface area (Å²) in [6.45, 7) is 7.89. The Morgan fingerprint density at radius 1 is 1.03 bits per heavy atom. The molecule has 1 aromatic carbocycles. The maximum atomic E-state index is 12.8. The number of aryl methyl sites for hydroxylation is 3. The van der Waals surface area contributed by atoms with Crippen molar-refractivity contribution in [2.45, 2.75) is 33.6 Å². The van der Waals surface area contributed by atoms with Crippen molar-refractivity contribution < 1.29 is 4.79 Å². The molecule has 0 atom stereocenters. The smallest absolute Gasteiger partial charge is 0.227 e. The minimum absolute atomic E-state index is 0.0468. The van der Waals surface area contributed by atoms with Crippen LogP contribution in [0, 0.1) is 26.7 Å². The topological polar surface area (TPSA) is 50.2 Å². The van der Waals surface area contributed by atoms with Crippen molar-refractivity contribution in [2.75, 3.05) is 23.3 Å². The predicted octanol–water partition coefficient (Wildman–Crippen LogP) is 4.65. The molecule has 0 spiro atoms. The number of benzene rings is 1. The second kappa shape index (κ2) is 8.11. The number of hydrogen-bond acceptors (Lipinski definition) is 3. The van der Waals surface area contributed by atoms with E-state index in [0.717, 1.165) is 54.3 Å². The number of aromatic nitrogens is 2. The van der Waals surface area contributed by atoms with E-state index >= 15 is 0 Å². The van der Waals surface area contributed by atoms with Gasteiger partial charge in [-0.3, -0.25) is 4.79 Å². The van der Waals surface area contributed by atoms with Gasteiger partial charge in [-0.1, -0.05) is 17.7 Å². The Morgan fingerprint density at radius 3 is 2.28 bits per heavy atom. The highest BCUT2D eigenvalue weighted by atomic mass is 16.1. The number of rotatable bonds is 4. The van der Waals surface area contributed by atoms with Crippen LogP contribution in [0.15, 0.2) is 55.0 Å². The molecule has 29 heavy (non-hydrogen) atoms. The lowest BCUT2D eigenvalue weighted by Gasteiger charge is -2.32. The molecule has 0 saturated carbocycles. The standard InChI is InChI=1S/C24H28N4O/c1-17-14-18(2)23(19(3)15-17)26-24(29)20-8-12-28(13-9-20)22-7-6-21(16-25-22)27-10-4-5-11-27/h4-7,10-11,14-16,20H,8-9,12-13H2,1-3H3,(H,26,29). The summed E-state index contributed by atoms with van der Waals surface area (Å²) in [5.74, 6) is 1.16. The number of carbonyl (C=O) groups is 1. The summed E-state index contributed by atoms with van der Waals surface area (Å²) in [6.07, 6.45) is 7.61. The van der Waals surface area contributed by atoms with E-state index in [1.165, 1.54) is 5.56 Å². The molecule has 0 radical (unpaired) electrons. The van der Waals surface area contributed by atoms with Gasteiger partial charge in [-0.05, 0) is 69.0 Å². The van der Waals surface area contributed by atoms with Gasteiger partial charge < -0.3 is 14.8 Å². The molecule has 1 aliphatic heterocycles. The zero-order valence-corrected chi connectivity index (χ0v) is 17.4. The van der Waals surface area contributed by atoms with E-state index in [9.17, 15) is 4.79 Å². The second-order valence-corrected chi connectivity index (χ2v) is 7.99. The Balaban J connectivity index is 1.36. The monoisotopic (exact) mass is 388 g/mol. The summed E-state index contributed by atoms with van der Waals surface area (Å²) in [4.78, 5) is 19.7. The summed E-state index contributed by atoms with van der Waals surface area (Å²) in [5, 5.41) is 3.18. The minimum atomic E-state index is 0.0468. The first-order valence-corrected chi connectivity index (χ1v) is 10.2. The Hall–Kier alpha value is -3.08. The molecule has 1 amide bonds. The maximum Gasteiger partial charge on any atom is 0.227 e. The molecule has 1 aliphatic rings. The minimum Gasteiger partial charge on any atom is -0.357 e. The number of piperidine rings is 1. The number of hydrogen-bond donors (Lipinski definition) is 1. The number of nitrogens with zero attached hydrogens (tertiary/aromatic N) is 3. The Kier molecular flexibility index (Phi) is 5.38. The summed E-state index contributed by atoms with van der Waals surface area (Å²) >= 11 is 0. The van der Waals surface area contributed by atoms with Crippen molar-refractivity contribution in [3.8, 4) is 5.69 Å². The Labute approximate surface area is 172 Å². The fraction of sp³-hybridized carbons (Fsp3) is 0.333. The molecule has 1 N–H and O–H groups in total. The fourth-order valence-electron chi connectivity index (χ4n) is 4.20. The SMILES string of the molecule is Cc1cc(C)c(NC(=O)C2CCN(c3ccc(-n4cccc4)cn3)CC2)c(C)c1. The largest absolute Gasteiger partial charge is 0.357 e. The van der Waals surface area contributed by atoms with Crippen LogP contribution in [0.3, 0.4) is 0 Å². The molecule has 0 aliphatic carbocycles. The van der Waals surface area contributed by atoms with E-state index in [0.29, 0.717) is 0 Å². The first-order chi connectivity index (χ1) is 14.0. The lowest BCUT2D eigenvalue weighted by atomic mass is 9.95. The number of carbonyl (C=O) groups excluding carboxylic acids is 1. The van der Waals surface area contributed by atoms with Crippen molar-refractivity contribution in [3.05, 3.63) is 71.7 Å². The van der Waals surface area contributed by atoms with Crippen LogP contribution in [-0.2, 0) is 4.79 Å². The quantitative estimate of drug-likeness (QED) is 0.708. The maximum absolute atomic E-state index is 12.8. The van der Waals surface area contributed by atoms with Crippen LogP contribution in [0.1, 0.15) is 29.5 Å². The summed E-state index contributed by atoms with van der Waals surface area (Å²) in [5.41, 5.74) is 5.49. The van der Waals surface area contributed by atoms with Gasteiger partial charge in [0.05, 0.1) is 11.9 Å². The normalized spacial score (nSPS) is 14.8. The van der Waals surface area contributed by atoms with Gasteiger partial charge in [-0.15, -0.1) is 0 Å². The van der Waals surface area contributed by atoms with E-state index in [1.807, 2.05) is 35.3 Å². The molecule has 3 aromatic rings. The fourth-order valence-corrected chi connectivity index (χ4v) is 4.20. The molecule has 5 heteroatoms. The van der Waals surface area contributed by atoms with Crippen molar-refractivity contribution in [3.63, 3.8) is 0 Å². The third-order valence-corrected chi connectivity index (χ3v) is 5.75. The van der Waals surface area contributed by atoms with Crippen LogP contribution in [0.4, 0.5) is 11.5 Å². The van der Waals surface area contributed by atoms with Gasteiger partial charge >= 0.3 is 0 Å². The molecular formula is C24H28N4O. The molecule has 3 heterocycles. The van der Waals surface area contributed by atoms with Crippen LogP contribution in [0.2, 0.25) is 0 Å².